The Balaban J connectivity index is 1.56. The number of carbonyl (C=O) groups excluding carboxylic acids is 2. The average molecular weight is 247 g/mol. The van der Waals surface area contributed by atoms with E-state index in [1.807, 2.05) is 0 Å². The molecule has 4 aliphatic rings. The van der Waals surface area contributed by atoms with Gasteiger partial charge in [-0.3, -0.25) is 14.5 Å². The van der Waals surface area contributed by atoms with Crippen molar-refractivity contribution in [3.8, 4) is 0 Å². The van der Waals surface area contributed by atoms with Crippen molar-refractivity contribution in [2.45, 2.75) is 25.4 Å². The van der Waals surface area contributed by atoms with Crippen molar-refractivity contribution >= 4 is 11.8 Å². The lowest BCUT2D eigenvalue weighted by molar-refractivity contribution is -0.142. The molecular formula is C14H17NO3. The Morgan fingerprint density at radius 1 is 1.17 bits per heavy atom. The number of hydrogen-bond acceptors (Lipinski definition) is 3. The smallest absolute Gasteiger partial charge is 0.233 e. The summed E-state index contributed by atoms with van der Waals surface area (Å²) in [4.78, 5) is 26.3. The van der Waals surface area contributed by atoms with E-state index in [-0.39, 0.29) is 29.8 Å². The van der Waals surface area contributed by atoms with E-state index >= 15 is 0 Å². The van der Waals surface area contributed by atoms with E-state index in [0.717, 1.165) is 25.9 Å². The van der Waals surface area contributed by atoms with Gasteiger partial charge in [0.05, 0.1) is 24.5 Å². The highest BCUT2D eigenvalue weighted by molar-refractivity contribution is 6.06. The lowest BCUT2D eigenvalue weighted by atomic mass is 9.85. The van der Waals surface area contributed by atoms with Crippen molar-refractivity contribution in [2.75, 3.05) is 13.2 Å². The van der Waals surface area contributed by atoms with Crippen molar-refractivity contribution in [3.63, 3.8) is 0 Å². The highest BCUT2D eigenvalue weighted by Gasteiger charge is 2.59. The van der Waals surface area contributed by atoms with Crippen molar-refractivity contribution in [1.82, 2.24) is 4.90 Å². The van der Waals surface area contributed by atoms with Gasteiger partial charge in [-0.15, -0.1) is 0 Å². The fraction of sp³-hybridized carbons (Fsp3) is 0.714. The van der Waals surface area contributed by atoms with E-state index in [0.29, 0.717) is 18.4 Å². The van der Waals surface area contributed by atoms with Crippen LogP contribution in [-0.4, -0.2) is 36.0 Å². The number of fused-ring (bicyclic) bond motifs is 5. The Morgan fingerprint density at radius 3 is 2.39 bits per heavy atom. The lowest BCUT2D eigenvalue weighted by Crippen LogP contribution is -2.38. The van der Waals surface area contributed by atoms with Crippen LogP contribution in [-0.2, 0) is 14.3 Å². The molecule has 5 atom stereocenters. The molecule has 4 heteroatoms. The summed E-state index contributed by atoms with van der Waals surface area (Å²) in [5, 5.41) is 0. The number of imide groups is 1. The second-order valence-corrected chi connectivity index (χ2v) is 5.92. The molecule has 0 unspecified atom stereocenters. The standard InChI is InChI=1S/C14H17NO3/c16-13-11-8-3-4-9(6-8)12(11)14(17)15(13)7-10-2-1-5-18-10/h3-4,8-12H,1-2,5-7H2/t8-,9-,10+,11-,12+/m0/s1. The highest BCUT2D eigenvalue weighted by Crippen LogP contribution is 2.52. The molecule has 0 radical (unpaired) electrons. The molecule has 2 bridgehead atoms. The normalized spacial score (nSPS) is 45.3. The quantitative estimate of drug-likeness (QED) is 0.539. The Labute approximate surface area is 106 Å². The Hall–Kier alpha value is -1.16. The highest BCUT2D eigenvalue weighted by atomic mass is 16.5. The summed E-state index contributed by atoms with van der Waals surface area (Å²) in [7, 11) is 0. The molecule has 96 valence electrons. The first-order valence-corrected chi connectivity index (χ1v) is 6.91. The van der Waals surface area contributed by atoms with Crippen LogP contribution in [0, 0.1) is 23.7 Å². The fourth-order valence-electron chi connectivity index (χ4n) is 4.14. The van der Waals surface area contributed by atoms with E-state index in [9.17, 15) is 9.59 Å². The van der Waals surface area contributed by atoms with Crippen LogP contribution in [0.25, 0.3) is 0 Å². The molecule has 3 fully saturated rings. The summed E-state index contributed by atoms with van der Waals surface area (Å²) in [5.41, 5.74) is 0. The van der Waals surface area contributed by atoms with Crippen LogP contribution in [0.1, 0.15) is 19.3 Å². The van der Waals surface area contributed by atoms with Gasteiger partial charge in [-0.05, 0) is 31.1 Å². The maximum Gasteiger partial charge on any atom is 0.233 e. The van der Waals surface area contributed by atoms with Gasteiger partial charge < -0.3 is 4.74 Å². The third-order valence-electron chi connectivity index (χ3n) is 4.97. The van der Waals surface area contributed by atoms with Gasteiger partial charge in [-0.2, -0.15) is 0 Å². The van der Waals surface area contributed by atoms with Gasteiger partial charge in [0, 0.05) is 6.61 Å². The van der Waals surface area contributed by atoms with Crippen LogP contribution in [0.2, 0.25) is 0 Å². The summed E-state index contributed by atoms with van der Waals surface area (Å²) < 4.78 is 5.54. The molecule has 0 spiro atoms. The van der Waals surface area contributed by atoms with Crippen LogP contribution in [0.15, 0.2) is 12.2 Å². The summed E-state index contributed by atoms with van der Waals surface area (Å²) in [6, 6.07) is 0. The molecule has 2 amide bonds. The fourth-order valence-corrected chi connectivity index (χ4v) is 4.14. The summed E-state index contributed by atoms with van der Waals surface area (Å²) in [6.45, 7) is 1.24. The van der Waals surface area contributed by atoms with Crippen LogP contribution in [0.3, 0.4) is 0 Å². The molecule has 0 aromatic carbocycles. The number of rotatable bonds is 2. The third-order valence-corrected chi connectivity index (χ3v) is 4.97. The van der Waals surface area contributed by atoms with Crippen LogP contribution in [0.4, 0.5) is 0 Å². The van der Waals surface area contributed by atoms with Crippen molar-refractivity contribution in [2.24, 2.45) is 23.7 Å². The van der Waals surface area contributed by atoms with Crippen molar-refractivity contribution in [3.05, 3.63) is 12.2 Å². The molecule has 4 nitrogen and oxygen atoms in total. The molecule has 18 heavy (non-hydrogen) atoms. The first kappa shape index (κ1) is 10.7. The molecule has 2 aliphatic heterocycles. The van der Waals surface area contributed by atoms with Gasteiger partial charge in [-0.1, -0.05) is 12.2 Å². The molecule has 2 saturated heterocycles. The first-order chi connectivity index (χ1) is 8.75. The lowest BCUT2D eigenvalue weighted by Gasteiger charge is -2.20. The first-order valence-electron chi connectivity index (χ1n) is 6.91. The number of nitrogens with zero attached hydrogens (tertiary/aromatic N) is 1. The van der Waals surface area contributed by atoms with E-state index in [4.69, 9.17) is 4.74 Å². The van der Waals surface area contributed by atoms with E-state index in [1.165, 1.54) is 4.90 Å². The van der Waals surface area contributed by atoms with Crippen molar-refractivity contribution < 1.29 is 14.3 Å². The Morgan fingerprint density at radius 2 is 1.83 bits per heavy atom. The summed E-state index contributed by atoms with van der Waals surface area (Å²) in [6.07, 6.45) is 7.35. The van der Waals surface area contributed by atoms with Gasteiger partial charge in [-0.25, -0.2) is 0 Å². The SMILES string of the molecule is O=C1[C@@H]2[C@H](C(=O)N1C[C@H]1CCCO1)[C@H]1C=C[C@H]2C1. The van der Waals surface area contributed by atoms with Crippen LogP contribution < -0.4 is 0 Å². The minimum Gasteiger partial charge on any atom is -0.376 e. The molecule has 0 N–H and O–H groups in total. The van der Waals surface area contributed by atoms with E-state index < -0.39 is 0 Å². The summed E-state index contributed by atoms with van der Waals surface area (Å²) in [5.74, 6) is 0.606. The van der Waals surface area contributed by atoms with E-state index in [2.05, 4.69) is 12.2 Å². The molecule has 4 rings (SSSR count). The maximum absolute atomic E-state index is 12.4. The minimum absolute atomic E-state index is 0.0531. The second-order valence-electron chi connectivity index (χ2n) is 5.92. The number of carbonyl (C=O) groups is 2. The Kier molecular flexibility index (Phi) is 2.19. The predicted molar refractivity (Wildman–Crippen MR) is 63.4 cm³/mol. The van der Waals surface area contributed by atoms with E-state index in [1.54, 1.807) is 0 Å². The van der Waals surface area contributed by atoms with Crippen molar-refractivity contribution in [1.29, 1.82) is 0 Å². The number of amides is 2. The zero-order valence-corrected chi connectivity index (χ0v) is 10.2. The molecule has 1 saturated carbocycles. The number of allylic oxidation sites excluding steroid dienone is 2. The van der Waals surface area contributed by atoms with Crippen LogP contribution >= 0.6 is 0 Å². The monoisotopic (exact) mass is 247 g/mol. The number of hydrogen-bond donors (Lipinski definition) is 0. The van der Waals surface area contributed by atoms with Gasteiger partial charge in [0.2, 0.25) is 11.8 Å². The molecule has 2 aliphatic carbocycles. The number of likely N-dealkylation sites (tertiary alicyclic amines) is 1. The largest absolute Gasteiger partial charge is 0.376 e. The zero-order chi connectivity index (χ0) is 12.3. The third kappa shape index (κ3) is 1.30. The van der Waals surface area contributed by atoms with Gasteiger partial charge in [0.1, 0.15) is 0 Å². The summed E-state index contributed by atoms with van der Waals surface area (Å²) >= 11 is 0. The minimum atomic E-state index is -0.0612. The number of ether oxygens (including phenoxy) is 1. The van der Waals surface area contributed by atoms with Gasteiger partial charge in [0.15, 0.2) is 0 Å². The van der Waals surface area contributed by atoms with Gasteiger partial charge in [0.25, 0.3) is 0 Å². The predicted octanol–water partition coefficient (Wildman–Crippen LogP) is 0.972. The molecule has 2 heterocycles. The zero-order valence-electron chi connectivity index (χ0n) is 10.2. The van der Waals surface area contributed by atoms with Crippen LogP contribution in [0.5, 0.6) is 0 Å². The Bertz CT molecular complexity index is 408. The molecule has 0 aromatic heterocycles. The van der Waals surface area contributed by atoms with Gasteiger partial charge >= 0.3 is 0 Å². The topological polar surface area (TPSA) is 46.6 Å². The molecular weight excluding hydrogens is 230 g/mol. The second kappa shape index (κ2) is 3.67. The molecule has 0 aromatic rings. The maximum atomic E-state index is 12.4. The average Bonchev–Trinajstić information content (AvgIpc) is 3.10.